The first-order chi connectivity index (χ1) is 5.83. The number of piperidine rings is 1. The van der Waals surface area contributed by atoms with Crippen LogP contribution in [0.4, 0.5) is 4.39 Å². The lowest BCUT2D eigenvalue weighted by atomic mass is 9.88. The number of halogens is 1. The van der Waals surface area contributed by atoms with Gasteiger partial charge in [-0.2, -0.15) is 0 Å². The van der Waals surface area contributed by atoms with Crippen molar-refractivity contribution in [1.29, 1.82) is 0 Å². The molecule has 0 saturated carbocycles. The highest BCUT2D eigenvalue weighted by molar-refractivity contribution is 4.85. The highest BCUT2D eigenvalue weighted by Crippen LogP contribution is 2.27. The molecule has 2 nitrogen and oxygen atoms in total. The van der Waals surface area contributed by atoms with Gasteiger partial charge >= 0.3 is 0 Å². The van der Waals surface area contributed by atoms with Crippen LogP contribution in [-0.4, -0.2) is 32.5 Å². The van der Waals surface area contributed by atoms with Crippen LogP contribution in [0.1, 0.15) is 25.7 Å². The van der Waals surface area contributed by atoms with E-state index in [-0.39, 0.29) is 12.3 Å². The molecule has 3 heteroatoms. The van der Waals surface area contributed by atoms with Gasteiger partial charge in [0.25, 0.3) is 0 Å². The maximum Gasteiger partial charge on any atom is 0.0895 e. The quantitative estimate of drug-likeness (QED) is 0.699. The molecule has 1 saturated heterocycles. The molecule has 1 aliphatic heterocycles. The van der Waals surface area contributed by atoms with Crippen LogP contribution in [0.2, 0.25) is 0 Å². The molecule has 1 heterocycles. The first kappa shape index (κ1) is 9.93. The Kier molecular flexibility index (Phi) is 3.95. The topological polar surface area (TPSA) is 21.3 Å². The average Bonchev–Trinajstić information content (AvgIpc) is 2.16. The van der Waals surface area contributed by atoms with Gasteiger partial charge in [-0.1, -0.05) is 0 Å². The van der Waals surface area contributed by atoms with Gasteiger partial charge in [-0.3, -0.25) is 4.39 Å². The largest absolute Gasteiger partial charge is 0.378 e. The third kappa shape index (κ3) is 2.42. The van der Waals surface area contributed by atoms with E-state index in [9.17, 15) is 4.39 Å². The van der Waals surface area contributed by atoms with E-state index in [0.29, 0.717) is 6.42 Å². The first-order valence-corrected chi connectivity index (χ1v) is 4.65. The van der Waals surface area contributed by atoms with Gasteiger partial charge in [0.2, 0.25) is 0 Å². The van der Waals surface area contributed by atoms with Crippen LogP contribution in [0, 0.1) is 0 Å². The van der Waals surface area contributed by atoms with E-state index < -0.39 is 0 Å². The monoisotopic (exact) mass is 175 g/mol. The van der Waals surface area contributed by atoms with E-state index in [1.807, 2.05) is 0 Å². The number of ether oxygens (including phenoxy) is 1. The van der Waals surface area contributed by atoms with Crippen molar-refractivity contribution in [1.82, 2.24) is 5.32 Å². The van der Waals surface area contributed by atoms with Gasteiger partial charge in [0.1, 0.15) is 0 Å². The molecular weight excluding hydrogens is 157 g/mol. The standard InChI is InChI=1S/C9H18FNO/c1-12-9(3-2-6-10)4-7-11-8-5-9/h11H,2-8H2,1H3. The lowest BCUT2D eigenvalue weighted by Gasteiger charge is -2.36. The second kappa shape index (κ2) is 4.77. The summed E-state index contributed by atoms with van der Waals surface area (Å²) in [7, 11) is 1.74. The molecule has 0 unspecified atom stereocenters. The Morgan fingerprint density at radius 1 is 1.42 bits per heavy atom. The Bertz CT molecular complexity index is 124. The van der Waals surface area contributed by atoms with E-state index in [0.717, 1.165) is 32.4 Å². The summed E-state index contributed by atoms with van der Waals surface area (Å²) >= 11 is 0. The third-order valence-corrected chi connectivity index (χ3v) is 2.71. The molecule has 0 bridgehead atoms. The zero-order valence-electron chi connectivity index (χ0n) is 7.74. The zero-order chi connectivity index (χ0) is 8.86. The second-order valence-electron chi connectivity index (χ2n) is 3.43. The fourth-order valence-corrected chi connectivity index (χ4v) is 1.83. The van der Waals surface area contributed by atoms with Crippen LogP contribution in [0.5, 0.6) is 0 Å². The van der Waals surface area contributed by atoms with Crippen LogP contribution >= 0.6 is 0 Å². The minimum atomic E-state index is -0.224. The van der Waals surface area contributed by atoms with E-state index in [1.165, 1.54) is 0 Å². The maximum absolute atomic E-state index is 12.0. The molecule has 1 rings (SSSR count). The molecule has 0 amide bonds. The summed E-state index contributed by atoms with van der Waals surface area (Å²) < 4.78 is 17.5. The smallest absolute Gasteiger partial charge is 0.0895 e. The van der Waals surface area contributed by atoms with Gasteiger partial charge < -0.3 is 10.1 Å². The van der Waals surface area contributed by atoms with Gasteiger partial charge in [-0.05, 0) is 38.8 Å². The highest BCUT2D eigenvalue weighted by Gasteiger charge is 2.30. The fourth-order valence-electron chi connectivity index (χ4n) is 1.83. The van der Waals surface area contributed by atoms with Crippen LogP contribution in [-0.2, 0) is 4.74 Å². The summed E-state index contributed by atoms with van der Waals surface area (Å²) in [5.74, 6) is 0. The summed E-state index contributed by atoms with van der Waals surface area (Å²) in [6, 6.07) is 0. The first-order valence-electron chi connectivity index (χ1n) is 4.65. The van der Waals surface area contributed by atoms with Crippen LogP contribution in [0.15, 0.2) is 0 Å². The molecule has 0 aromatic carbocycles. The van der Waals surface area contributed by atoms with Crippen molar-refractivity contribution < 1.29 is 9.13 Å². The summed E-state index contributed by atoms with van der Waals surface area (Å²) in [5, 5.41) is 3.28. The Hall–Kier alpha value is -0.150. The number of alkyl halides is 1. The van der Waals surface area contributed by atoms with Crippen molar-refractivity contribution in [3.8, 4) is 0 Å². The second-order valence-corrected chi connectivity index (χ2v) is 3.43. The third-order valence-electron chi connectivity index (χ3n) is 2.71. The van der Waals surface area contributed by atoms with E-state index in [4.69, 9.17) is 4.74 Å². The number of nitrogens with one attached hydrogen (secondary N) is 1. The molecular formula is C9H18FNO. The summed E-state index contributed by atoms with van der Waals surface area (Å²) in [4.78, 5) is 0. The molecule has 0 radical (unpaired) electrons. The lowest BCUT2D eigenvalue weighted by molar-refractivity contribution is -0.0425. The summed E-state index contributed by atoms with van der Waals surface area (Å²) in [5.41, 5.74) is -0.0304. The fraction of sp³-hybridized carbons (Fsp3) is 1.00. The molecule has 72 valence electrons. The van der Waals surface area contributed by atoms with Crippen molar-refractivity contribution in [2.45, 2.75) is 31.3 Å². The summed E-state index contributed by atoms with van der Waals surface area (Å²) in [6.45, 7) is 1.78. The van der Waals surface area contributed by atoms with Gasteiger partial charge in [0, 0.05) is 7.11 Å². The number of methoxy groups -OCH3 is 1. The van der Waals surface area contributed by atoms with E-state index in [1.54, 1.807) is 7.11 Å². The molecule has 0 aromatic rings. The Balaban J connectivity index is 2.37. The van der Waals surface area contributed by atoms with E-state index >= 15 is 0 Å². The van der Waals surface area contributed by atoms with Gasteiger partial charge in [0.15, 0.2) is 0 Å². The number of rotatable bonds is 4. The van der Waals surface area contributed by atoms with Gasteiger partial charge in [-0.25, -0.2) is 0 Å². The lowest BCUT2D eigenvalue weighted by Crippen LogP contribution is -2.43. The molecule has 12 heavy (non-hydrogen) atoms. The van der Waals surface area contributed by atoms with Crippen molar-refractivity contribution >= 4 is 0 Å². The summed E-state index contributed by atoms with van der Waals surface area (Å²) in [6.07, 6.45) is 3.53. The average molecular weight is 175 g/mol. The normalized spacial score (nSPS) is 22.5. The molecule has 0 atom stereocenters. The van der Waals surface area contributed by atoms with Crippen LogP contribution < -0.4 is 5.32 Å². The number of hydrogen-bond donors (Lipinski definition) is 1. The van der Waals surface area contributed by atoms with Crippen LogP contribution in [0.3, 0.4) is 0 Å². The maximum atomic E-state index is 12.0. The minimum absolute atomic E-state index is 0.0304. The molecule has 1 aliphatic rings. The predicted molar refractivity (Wildman–Crippen MR) is 47.1 cm³/mol. The van der Waals surface area contributed by atoms with Crippen LogP contribution in [0.25, 0.3) is 0 Å². The Morgan fingerprint density at radius 2 is 2.08 bits per heavy atom. The van der Waals surface area contributed by atoms with Crippen molar-refractivity contribution in [2.24, 2.45) is 0 Å². The predicted octanol–water partition coefficient (Wildman–Crippen LogP) is 1.50. The van der Waals surface area contributed by atoms with Crippen molar-refractivity contribution in [3.63, 3.8) is 0 Å². The molecule has 1 N–H and O–H groups in total. The van der Waals surface area contributed by atoms with Crippen molar-refractivity contribution in [2.75, 3.05) is 26.9 Å². The molecule has 0 aromatic heterocycles. The zero-order valence-corrected chi connectivity index (χ0v) is 7.74. The molecule has 1 fully saturated rings. The molecule has 0 aliphatic carbocycles. The Morgan fingerprint density at radius 3 is 2.58 bits per heavy atom. The highest BCUT2D eigenvalue weighted by atomic mass is 19.1. The van der Waals surface area contributed by atoms with Gasteiger partial charge in [-0.15, -0.1) is 0 Å². The van der Waals surface area contributed by atoms with E-state index in [2.05, 4.69) is 5.32 Å². The minimum Gasteiger partial charge on any atom is -0.378 e. The molecule has 0 spiro atoms. The van der Waals surface area contributed by atoms with Gasteiger partial charge in [0.05, 0.1) is 12.3 Å². The number of hydrogen-bond acceptors (Lipinski definition) is 2. The Labute approximate surface area is 73.5 Å². The SMILES string of the molecule is COC1(CCCF)CCNCC1. The van der Waals surface area contributed by atoms with Crippen molar-refractivity contribution in [3.05, 3.63) is 0 Å².